The van der Waals surface area contributed by atoms with Crippen molar-refractivity contribution < 1.29 is 36.9 Å². The minimum atomic E-state index is -0.902. The minimum absolute atomic E-state index is 0. The number of hydrogen-bond donors (Lipinski definition) is 0. The zero-order valence-corrected chi connectivity index (χ0v) is 18.3. The van der Waals surface area contributed by atoms with E-state index >= 15 is 0 Å². The van der Waals surface area contributed by atoms with Crippen molar-refractivity contribution in [2.24, 2.45) is 10.8 Å². The smallest absolute Gasteiger partial charge is 0.550 e. The summed E-state index contributed by atoms with van der Waals surface area (Å²) in [7, 11) is 0. The molecule has 0 heterocycles. The number of hydrogen-bond acceptors (Lipinski definition) is 4. The first-order chi connectivity index (χ1) is 11.1. The molecule has 25 heavy (non-hydrogen) atoms. The van der Waals surface area contributed by atoms with Crippen molar-refractivity contribution in [3.8, 4) is 0 Å². The molecule has 2 unspecified atom stereocenters. The molecule has 0 N–H and O–H groups in total. The largest absolute Gasteiger partial charge is 2.00 e. The molecular formula is C20H38MnO4. The van der Waals surface area contributed by atoms with Gasteiger partial charge in [-0.15, -0.1) is 0 Å². The first-order valence-corrected chi connectivity index (χ1v) is 9.56. The third kappa shape index (κ3) is 12.4. The fourth-order valence-electron chi connectivity index (χ4n) is 2.38. The molecule has 0 saturated heterocycles. The Kier molecular flexibility index (Phi) is 18.4. The number of carboxylic acids is 2. The molecule has 0 aliphatic rings. The van der Waals surface area contributed by atoms with E-state index in [0.717, 1.165) is 51.4 Å². The monoisotopic (exact) mass is 397 g/mol. The summed E-state index contributed by atoms with van der Waals surface area (Å²) >= 11 is 0. The van der Waals surface area contributed by atoms with Crippen molar-refractivity contribution in [3.05, 3.63) is 0 Å². The van der Waals surface area contributed by atoms with Crippen LogP contribution in [0.1, 0.15) is 106 Å². The first-order valence-electron chi connectivity index (χ1n) is 9.56. The molecule has 0 aromatic carbocycles. The van der Waals surface area contributed by atoms with Gasteiger partial charge in [-0.1, -0.05) is 80.1 Å². The summed E-state index contributed by atoms with van der Waals surface area (Å²) in [6.45, 7) is 11.6. The van der Waals surface area contributed by atoms with Crippen LogP contribution in [0.5, 0.6) is 0 Å². The average Bonchev–Trinajstić information content (AvgIpc) is 2.55. The van der Waals surface area contributed by atoms with E-state index in [2.05, 4.69) is 13.8 Å². The predicted octanol–water partition coefficient (Wildman–Crippen LogP) is 3.46. The molecular weight excluding hydrogens is 359 g/mol. The maximum absolute atomic E-state index is 10.7. The molecule has 0 aliphatic heterocycles. The van der Waals surface area contributed by atoms with E-state index in [0.29, 0.717) is 12.8 Å². The zero-order valence-electron chi connectivity index (χ0n) is 17.1. The van der Waals surface area contributed by atoms with E-state index in [4.69, 9.17) is 0 Å². The topological polar surface area (TPSA) is 80.3 Å². The summed E-state index contributed by atoms with van der Waals surface area (Å²) in [5, 5.41) is 21.5. The van der Waals surface area contributed by atoms with Crippen molar-refractivity contribution in [3.63, 3.8) is 0 Å². The number of unbranched alkanes of at least 4 members (excludes halogenated alkanes) is 4. The Labute approximate surface area is 165 Å². The second-order valence-electron chi connectivity index (χ2n) is 7.32. The van der Waals surface area contributed by atoms with E-state index in [1.54, 1.807) is 13.8 Å². The van der Waals surface area contributed by atoms with Gasteiger partial charge in [0.05, 0.1) is 0 Å². The Hall–Kier alpha value is -0.541. The second-order valence-corrected chi connectivity index (χ2v) is 7.32. The third-order valence-electron chi connectivity index (χ3n) is 5.21. The van der Waals surface area contributed by atoms with Crippen LogP contribution in [0.2, 0.25) is 0 Å². The molecule has 149 valence electrons. The molecule has 5 heteroatoms. The quantitative estimate of drug-likeness (QED) is 0.373. The Morgan fingerprint density at radius 3 is 1.12 bits per heavy atom. The second kappa shape index (κ2) is 15.7. The summed E-state index contributed by atoms with van der Waals surface area (Å²) in [5.74, 6) is -1.80. The molecule has 0 fully saturated rings. The van der Waals surface area contributed by atoms with E-state index in [1.807, 2.05) is 13.8 Å². The molecule has 0 aliphatic carbocycles. The molecule has 0 aromatic heterocycles. The van der Waals surface area contributed by atoms with Crippen molar-refractivity contribution in [2.45, 2.75) is 106 Å². The molecule has 2 atom stereocenters. The van der Waals surface area contributed by atoms with Gasteiger partial charge in [0.15, 0.2) is 0 Å². The number of carbonyl (C=O) groups is 2. The molecule has 0 aromatic rings. The van der Waals surface area contributed by atoms with Crippen LogP contribution in [0.25, 0.3) is 0 Å². The van der Waals surface area contributed by atoms with Gasteiger partial charge >= 0.3 is 17.1 Å². The zero-order chi connectivity index (χ0) is 19.2. The number of rotatable bonds is 12. The van der Waals surface area contributed by atoms with Crippen LogP contribution in [0, 0.1) is 10.8 Å². The minimum Gasteiger partial charge on any atom is -0.550 e. The van der Waals surface area contributed by atoms with Gasteiger partial charge in [0.2, 0.25) is 0 Å². The van der Waals surface area contributed by atoms with Crippen LogP contribution in [-0.2, 0) is 26.7 Å². The summed E-state index contributed by atoms with van der Waals surface area (Å²) in [4.78, 5) is 21.5. The molecule has 0 rings (SSSR count). The number of aliphatic carboxylic acids is 2. The van der Waals surface area contributed by atoms with E-state index in [9.17, 15) is 19.8 Å². The van der Waals surface area contributed by atoms with Gasteiger partial charge in [-0.25, -0.2) is 0 Å². The SMILES string of the molecule is CCCCCC(C)(CC)C(=O)[O-].CCCCCC(C)(CC)C(=O)[O-].[Mn+2]. The van der Waals surface area contributed by atoms with Gasteiger partial charge in [-0.05, 0) is 25.7 Å². The van der Waals surface area contributed by atoms with Gasteiger partial charge in [0, 0.05) is 22.8 Å². The van der Waals surface area contributed by atoms with E-state index in [-0.39, 0.29) is 17.1 Å². The fourth-order valence-corrected chi connectivity index (χ4v) is 2.38. The normalized spacial score (nSPS) is 15.0. The van der Waals surface area contributed by atoms with Crippen molar-refractivity contribution in [2.75, 3.05) is 0 Å². The van der Waals surface area contributed by atoms with Crippen molar-refractivity contribution in [1.29, 1.82) is 0 Å². The van der Waals surface area contributed by atoms with Gasteiger partial charge < -0.3 is 19.8 Å². The van der Waals surface area contributed by atoms with Crippen LogP contribution in [0.3, 0.4) is 0 Å². The Morgan fingerprint density at radius 1 is 0.680 bits per heavy atom. The standard InChI is InChI=1S/2C10H20O2.Mn/c2*1-4-6-7-8-10(3,5-2)9(11)12;/h2*4-8H2,1-3H3,(H,11,12);/q;;+2/p-2. The van der Waals surface area contributed by atoms with E-state index in [1.165, 1.54) is 0 Å². The van der Waals surface area contributed by atoms with Crippen LogP contribution < -0.4 is 10.2 Å². The molecule has 4 nitrogen and oxygen atoms in total. The fraction of sp³-hybridized carbons (Fsp3) is 0.900. The Morgan fingerprint density at radius 2 is 0.960 bits per heavy atom. The van der Waals surface area contributed by atoms with Crippen LogP contribution >= 0.6 is 0 Å². The van der Waals surface area contributed by atoms with Gasteiger partial charge in [0.1, 0.15) is 0 Å². The maximum Gasteiger partial charge on any atom is 2.00 e. The van der Waals surface area contributed by atoms with Crippen LogP contribution in [-0.4, -0.2) is 11.9 Å². The first kappa shape index (κ1) is 29.2. The summed E-state index contributed by atoms with van der Waals surface area (Å²) in [6.07, 6.45) is 9.31. The van der Waals surface area contributed by atoms with Gasteiger partial charge in [-0.2, -0.15) is 0 Å². The Bertz CT molecular complexity index is 326. The molecule has 0 bridgehead atoms. The van der Waals surface area contributed by atoms with Crippen molar-refractivity contribution in [1.82, 2.24) is 0 Å². The summed E-state index contributed by atoms with van der Waals surface area (Å²) in [6, 6.07) is 0. The third-order valence-corrected chi connectivity index (χ3v) is 5.21. The number of carboxylic acid groups (broad SMARTS) is 2. The Balaban J connectivity index is -0.000000372. The molecule has 0 saturated carbocycles. The maximum atomic E-state index is 10.7. The van der Waals surface area contributed by atoms with Crippen molar-refractivity contribution >= 4 is 11.9 Å². The molecule has 0 amide bonds. The van der Waals surface area contributed by atoms with Gasteiger partial charge in [-0.3, -0.25) is 0 Å². The number of carbonyl (C=O) groups excluding carboxylic acids is 2. The molecule has 1 radical (unpaired) electrons. The van der Waals surface area contributed by atoms with E-state index < -0.39 is 22.8 Å². The average molecular weight is 397 g/mol. The molecule has 0 spiro atoms. The summed E-state index contributed by atoms with van der Waals surface area (Å²) < 4.78 is 0. The van der Waals surface area contributed by atoms with Crippen LogP contribution in [0.4, 0.5) is 0 Å². The predicted molar refractivity (Wildman–Crippen MR) is 95.1 cm³/mol. The van der Waals surface area contributed by atoms with Crippen LogP contribution in [0.15, 0.2) is 0 Å². The summed E-state index contributed by atoms with van der Waals surface area (Å²) in [5.41, 5.74) is -1.20. The van der Waals surface area contributed by atoms with Gasteiger partial charge in [0.25, 0.3) is 0 Å².